The summed E-state index contributed by atoms with van der Waals surface area (Å²) in [4.78, 5) is 26.1. The van der Waals surface area contributed by atoms with E-state index in [9.17, 15) is 14.7 Å². The molecule has 1 aromatic carbocycles. The number of nitrogens with zero attached hydrogens (tertiary/aromatic N) is 1. The van der Waals surface area contributed by atoms with Crippen LogP contribution in [0.25, 0.3) is 0 Å². The van der Waals surface area contributed by atoms with Crippen LogP contribution in [-0.4, -0.2) is 35.0 Å². The summed E-state index contributed by atoms with van der Waals surface area (Å²) in [5.74, 6) is -1.22. The minimum absolute atomic E-state index is 0.227. The Labute approximate surface area is 134 Å². The number of likely N-dealkylation sites (N-methyl/N-ethyl adjacent to an activating group) is 1. The van der Waals surface area contributed by atoms with Gasteiger partial charge in [0.2, 0.25) is 0 Å². The maximum absolute atomic E-state index is 12.6. The standard InChI is InChI=1S/C17H19NO3S/c1-3-13-9-10-22-15(13)16(19)18(2)14(17(20)21)11-12-7-5-4-6-8-12/h4-10,14H,3,11H2,1-2H3,(H,20,21). The van der Waals surface area contributed by atoms with Crippen molar-refractivity contribution < 1.29 is 14.7 Å². The molecule has 1 atom stereocenters. The highest BCUT2D eigenvalue weighted by molar-refractivity contribution is 7.12. The molecule has 0 saturated carbocycles. The Bertz CT molecular complexity index is 651. The lowest BCUT2D eigenvalue weighted by Crippen LogP contribution is -2.43. The molecular formula is C17H19NO3S. The van der Waals surface area contributed by atoms with E-state index in [-0.39, 0.29) is 5.91 Å². The number of amides is 1. The van der Waals surface area contributed by atoms with Gasteiger partial charge in [-0.15, -0.1) is 11.3 Å². The van der Waals surface area contributed by atoms with E-state index in [1.54, 1.807) is 7.05 Å². The Kier molecular flexibility index (Phi) is 5.33. The third-order valence-corrected chi connectivity index (χ3v) is 4.61. The molecule has 116 valence electrons. The zero-order valence-corrected chi connectivity index (χ0v) is 13.5. The first-order valence-electron chi connectivity index (χ1n) is 7.14. The first kappa shape index (κ1) is 16.2. The molecule has 0 bridgehead atoms. The van der Waals surface area contributed by atoms with Crippen LogP contribution in [0.5, 0.6) is 0 Å². The number of rotatable bonds is 6. The maximum atomic E-state index is 12.6. The van der Waals surface area contributed by atoms with Crippen LogP contribution in [0, 0.1) is 0 Å². The first-order chi connectivity index (χ1) is 10.5. The van der Waals surface area contributed by atoms with Gasteiger partial charge in [0.15, 0.2) is 0 Å². The van der Waals surface area contributed by atoms with Crippen molar-refractivity contribution in [1.82, 2.24) is 4.90 Å². The van der Waals surface area contributed by atoms with E-state index in [4.69, 9.17) is 0 Å². The van der Waals surface area contributed by atoms with Crippen molar-refractivity contribution in [3.63, 3.8) is 0 Å². The zero-order chi connectivity index (χ0) is 16.1. The van der Waals surface area contributed by atoms with Crippen molar-refractivity contribution in [1.29, 1.82) is 0 Å². The molecule has 0 fully saturated rings. The van der Waals surface area contributed by atoms with Crippen molar-refractivity contribution in [2.24, 2.45) is 0 Å². The Morgan fingerprint density at radius 3 is 2.50 bits per heavy atom. The Morgan fingerprint density at radius 2 is 1.91 bits per heavy atom. The molecule has 0 radical (unpaired) electrons. The lowest BCUT2D eigenvalue weighted by molar-refractivity contribution is -0.141. The quantitative estimate of drug-likeness (QED) is 0.891. The van der Waals surface area contributed by atoms with Gasteiger partial charge in [-0.1, -0.05) is 37.3 Å². The summed E-state index contributed by atoms with van der Waals surface area (Å²) in [7, 11) is 1.56. The van der Waals surface area contributed by atoms with Crippen LogP contribution in [0.4, 0.5) is 0 Å². The second kappa shape index (κ2) is 7.22. The topological polar surface area (TPSA) is 57.6 Å². The fraction of sp³-hybridized carbons (Fsp3) is 0.294. The number of aliphatic carboxylic acids is 1. The predicted molar refractivity (Wildman–Crippen MR) is 87.4 cm³/mol. The van der Waals surface area contributed by atoms with Crippen molar-refractivity contribution >= 4 is 23.2 Å². The van der Waals surface area contributed by atoms with E-state index in [1.165, 1.54) is 16.2 Å². The number of hydrogen-bond acceptors (Lipinski definition) is 3. The van der Waals surface area contributed by atoms with Gasteiger partial charge < -0.3 is 10.0 Å². The highest BCUT2D eigenvalue weighted by Crippen LogP contribution is 2.21. The van der Waals surface area contributed by atoms with Crippen LogP contribution in [0.3, 0.4) is 0 Å². The molecule has 0 spiro atoms. The summed E-state index contributed by atoms with van der Waals surface area (Å²) in [6.07, 6.45) is 1.06. The Morgan fingerprint density at radius 1 is 1.23 bits per heavy atom. The van der Waals surface area contributed by atoms with Gasteiger partial charge in [-0.2, -0.15) is 0 Å². The molecule has 5 heteroatoms. The van der Waals surface area contributed by atoms with E-state index in [0.717, 1.165) is 17.5 Å². The lowest BCUT2D eigenvalue weighted by Gasteiger charge is -2.25. The highest BCUT2D eigenvalue weighted by Gasteiger charge is 2.28. The van der Waals surface area contributed by atoms with Gasteiger partial charge in [0.05, 0.1) is 4.88 Å². The summed E-state index contributed by atoms with van der Waals surface area (Å²) in [6.45, 7) is 1.98. The predicted octanol–water partition coefficient (Wildman–Crippen LogP) is 3.08. The number of aryl methyl sites for hydroxylation is 1. The average Bonchev–Trinajstić information content (AvgIpc) is 3.00. The SMILES string of the molecule is CCc1ccsc1C(=O)N(C)C(Cc1ccccc1)C(=O)O. The summed E-state index contributed by atoms with van der Waals surface area (Å²) in [6, 6.07) is 10.4. The molecule has 2 aromatic rings. The molecule has 0 aliphatic carbocycles. The van der Waals surface area contributed by atoms with Crippen molar-refractivity contribution in [3.8, 4) is 0 Å². The fourth-order valence-electron chi connectivity index (χ4n) is 2.33. The van der Waals surface area contributed by atoms with Crippen LogP contribution < -0.4 is 0 Å². The van der Waals surface area contributed by atoms with Crippen molar-refractivity contribution in [2.45, 2.75) is 25.8 Å². The minimum atomic E-state index is -0.991. The number of thiophene rings is 1. The van der Waals surface area contributed by atoms with E-state index < -0.39 is 12.0 Å². The van der Waals surface area contributed by atoms with Gasteiger partial charge in [-0.05, 0) is 29.0 Å². The molecule has 1 heterocycles. The number of carbonyl (C=O) groups excluding carboxylic acids is 1. The third-order valence-electron chi connectivity index (χ3n) is 3.67. The van der Waals surface area contributed by atoms with Crippen LogP contribution in [-0.2, 0) is 17.6 Å². The summed E-state index contributed by atoms with van der Waals surface area (Å²) < 4.78 is 0. The second-order valence-corrected chi connectivity index (χ2v) is 6.00. The van der Waals surface area contributed by atoms with Crippen LogP contribution >= 0.6 is 11.3 Å². The summed E-state index contributed by atoms with van der Waals surface area (Å²) in [5, 5.41) is 11.4. The van der Waals surface area contributed by atoms with E-state index in [1.807, 2.05) is 48.7 Å². The van der Waals surface area contributed by atoms with Gasteiger partial charge in [0.1, 0.15) is 6.04 Å². The molecule has 4 nitrogen and oxygen atoms in total. The number of carboxylic acids is 1. The minimum Gasteiger partial charge on any atom is -0.480 e. The molecule has 2 rings (SSSR count). The molecule has 0 saturated heterocycles. The summed E-state index contributed by atoms with van der Waals surface area (Å²) >= 11 is 1.36. The first-order valence-corrected chi connectivity index (χ1v) is 8.02. The molecular weight excluding hydrogens is 298 g/mol. The van der Waals surface area contributed by atoms with E-state index in [0.29, 0.717) is 11.3 Å². The van der Waals surface area contributed by atoms with Crippen LogP contribution in [0.15, 0.2) is 41.8 Å². The monoisotopic (exact) mass is 317 g/mol. The largest absolute Gasteiger partial charge is 0.480 e. The summed E-state index contributed by atoms with van der Waals surface area (Å²) in [5.41, 5.74) is 1.86. The number of benzene rings is 1. The molecule has 1 unspecified atom stereocenters. The Hall–Kier alpha value is -2.14. The van der Waals surface area contributed by atoms with Crippen LogP contribution in [0.2, 0.25) is 0 Å². The van der Waals surface area contributed by atoms with E-state index in [2.05, 4.69) is 0 Å². The molecule has 0 aliphatic heterocycles. The molecule has 0 aliphatic rings. The Balaban J connectivity index is 2.21. The average molecular weight is 317 g/mol. The van der Waals surface area contributed by atoms with Gasteiger partial charge in [0, 0.05) is 13.5 Å². The normalized spacial score (nSPS) is 11.9. The molecule has 1 amide bonds. The lowest BCUT2D eigenvalue weighted by atomic mass is 10.0. The van der Waals surface area contributed by atoms with Gasteiger partial charge in [-0.25, -0.2) is 4.79 Å². The molecule has 22 heavy (non-hydrogen) atoms. The van der Waals surface area contributed by atoms with E-state index >= 15 is 0 Å². The highest BCUT2D eigenvalue weighted by atomic mass is 32.1. The maximum Gasteiger partial charge on any atom is 0.326 e. The molecule has 1 aromatic heterocycles. The molecule has 1 N–H and O–H groups in total. The van der Waals surface area contributed by atoms with Crippen molar-refractivity contribution in [2.75, 3.05) is 7.05 Å². The van der Waals surface area contributed by atoms with Gasteiger partial charge in [-0.3, -0.25) is 4.79 Å². The van der Waals surface area contributed by atoms with Gasteiger partial charge in [0.25, 0.3) is 5.91 Å². The fourth-order valence-corrected chi connectivity index (χ4v) is 3.31. The second-order valence-electron chi connectivity index (χ2n) is 5.09. The van der Waals surface area contributed by atoms with Crippen molar-refractivity contribution in [3.05, 3.63) is 57.8 Å². The van der Waals surface area contributed by atoms with Crippen LogP contribution in [0.1, 0.15) is 27.7 Å². The number of hydrogen-bond donors (Lipinski definition) is 1. The number of carbonyl (C=O) groups is 2. The third kappa shape index (κ3) is 3.54. The smallest absolute Gasteiger partial charge is 0.326 e. The van der Waals surface area contributed by atoms with Gasteiger partial charge >= 0.3 is 5.97 Å². The zero-order valence-electron chi connectivity index (χ0n) is 12.7. The number of carboxylic acid groups (broad SMARTS) is 1.